The molecule has 4 nitrogen and oxygen atoms in total. The Kier molecular flexibility index (Phi) is 3.88. The Morgan fingerprint density at radius 2 is 2.00 bits per heavy atom. The first-order valence-electron chi connectivity index (χ1n) is 6.62. The summed E-state index contributed by atoms with van der Waals surface area (Å²) in [7, 11) is 1.76. The van der Waals surface area contributed by atoms with Crippen molar-refractivity contribution in [3.63, 3.8) is 0 Å². The van der Waals surface area contributed by atoms with E-state index in [1.807, 2.05) is 13.0 Å². The van der Waals surface area contributed by atoms with Gasteiger partial charge in [0.2, 0.25) is 0 Å². The van der Waals surface area contributed by atoms with Crippen LogP contribution >= 0.6 is 0 Å². The van der Waals surface area contributed by atoms with E-state index in [4.69, 9.17) is 16.2 Å². The van der Waals surface area contributed by atoms with E-state index in [2.05, 4.69) is 4.98 Å². The highest BCUT2D eigenvalue weighted by molar-refractivity contribution is 5.47. The molecular formula is C14H23N3O. The molecule has 0 aromatic carbocycles. The molecular weight excluding hydrogens is 226 g/mol. The summed E-state index contributed by atoms with van der Waals surface area (Å²) in [5.41, 5.74) is 14.2. The minimum atomic E-state index is -0.278. The highest BCUT2D eigenvalue weighted by Crippen LogP contribution is 2.41. The Morgan fingerprint density at radius 3 is 2.56 bits per heavy atom. The molecule has 0 amide bonds. The summed E-state index contributed by atoms with van der Waals surface area (Å²) in [5, 5.41) is 0. The van der Waals surface area contributed by atoms with Crippen molar-refractivity contribution < 1.29 is 4.74 Å². The molecule has 0 spiro atoms. The average Bonchev–Trinajstić information content (AvgIpc) is 2.39. The van der Waals surface area contributed by atoms with Gasteiger partial charge < -0.3 is 16.2 Å². The van der Waals surface area contributed by atoms with Gasteiger partial charge in [0.25, 0.3) is 0 Å². The second-order valence-corrected chi connectivity index (χ2v) is 5.23. The van der Waals surface area contributed by atoms with Crippen LogP contribution in [0.15, 0.2) is 12.3 Å². The molecule has 0 bridgehead atoms. The van der Waals surface area contributed by atoms with Crippen molar-refractivity contribution in [3.05, 3.63) is 23.4 Å². The quantitative estimate of drug-likeness (QED) is 0.862. The van der Waals surface area contributed by atoms with Gasteiger partial charge in [0.1, 0.15) is 5.82 Å². The van der Waals surface area contributed by atoms with Gasteiger partial charge in [0.15, 0.2) is 0 Å². The molecule has 4 N–H and O–H groups in total. The summed E-state index contributed by atoms with van der Waals surface area (Å²) in [4.78, 5) is 4.16. The first-order valence-corrected chi connectivity index (χ1v) is 6.62. The lowest BCUT2D eigenvalue weighted by atomic mass is 9.76. The standard InChI is InChI=1S/C14H23N3O/c1-10-6-9-17-13(16)11(10)12(15)14(18-2)7-4-3-5-8-14/h6,9,12H,3-5,7-8,15H2,1-2H3,(H2,16,17). The Hall–Kier alpha value is -1.13. The number of nitrogen functional groups attached to an aromatic ring is 1. The summed E-state index contributed by atoms with van der Waals surface area (Å²) in [6.07, 6.45) is 7.32. The number of ether oxygens (including phenoxy) is 1. The lowest BCUT2D eigenvalue weighted by Crippen LogP contribution is -2.45. The highest BCUT2D eigenvalue weighted by atomic mass is 16.5. The predicted octanol–water partition coefficient (Wildman–Crippen LogP) is 2.32. The second-order valence-electron chi connectivity index (χ2n) is 5.23. The molecule has 100 valence electrons. The molecule has 0 aliphatic heterocycles. The third kappa shape index (κ3) is 2.22. The smallest absolute Gasteiger partial charge is 0.128 e. The highest BCUT2D eigenvalue weighted by Gasteiger charge is 2.40. The van der Waals surface area contributed by atoms with Gasteiger partial charge in [0.05, 0.1) is 11.6 Å². The zero-order valence-electron chi connectivity index (χ0n) is 11.3. The maximum absolute atomic E-state index is 6.47. The van der Waals surface area contributed by atoms with Crippen molar-refractivity contribution >= 4 is 5.82 Å². The minimum absolute atomic E-state index is 0.198. The van der Waals surface area contributed by atoms with Crippen LogP contribution in [0.2, 0.25) is 0 Å². The van der Waals surface area contributed by atoms with Crippen LogP contribution < -0.4 is 11.5 Å². The van der Waals surface area contributed by atoms with Gasteiger partial charge in [-0.25, -0.2) is 4.98 Å². The molecule has 1 unspecified atom stereocenters. The number of anilines is 1. The second kappa shape index (κ2) is 5.24. The topological polar surface area (TPSA) is 74.2 Å². The van der Waals surface area contributed by atoms with Crippen molar-refractivity contribution in [2.24, 2.45) is 5.73 Å². The third-order valence-electron chi connectivity index (χ3n) is 4.22. The maximum atomic E-state index is 6.47. The van der Waals surface area contributed by atoms with E-state index in [1.54, 1.807) is 13.3 Å². The molecule has 0 radical (unpaired) electrons. The minimum Gasteiger partial charge on any atom is -0.383 e. The first-order chi connectivity index (χ1) is 8.60. The normalized spacial score (nSPS) is 20.6. The SMILES string of the molecule is COC1(C(N)c2c(C)ccnc2N)CCCCC1. The molecule has 1 heterocycles. The molecule has 4 heteroatoms. The van der Waals surface area contributed by atoms with Crippen molar-refractivity contribution in [1.29, 1.82) is 0 Å². The molecule has 1 aliphatic rings. The zero-order valence-corrected chi connectivity index (χ0v) is 11.3. The van der Waals surface area contributed by atoms with Gasteiger partial charge in [-0.3, -0.25) is 0 Å². The van der Waals surface area contributed by atoms with Crippen LogP contribution in [0.1, 0.15) is 49.3 Å². The van der Waals surface area contributed by atoms with Crippen LogP contribution in [0.3, 0.4) is 0 Å². The van der Waals surface area contributed by atoms with Gasteiger partial charge in [-0.05, 0) is 31.4 Å². The van der Waals surface area contributed by atoms with Crippen LogP contribution in [-0.4, -0.2) is 17.7 Å². The summed E-state index contributed by atoms with van der Waals surface area (Å²) in [5.74, 6) is 0.532. The molecule has 1 aliphatic carbocycles. The first kappa shape index (κ1) is 13.3. The Balaban J connectivity index is 2.36. The van der Waals surface area contributed by atoms with Crippen LogP contribution in [0.5, 0.6) is 0 Å². The number of aryl methyl sites for hydroxylation is 1. The zero-order chi connectivity index (χ0) is 13.2. The number of pyridine rings is 1. The predicted molar refractivity (Wildman–Crippen MR) is 73.1 cm³/mol. The number of hydrogen-bond donors (Lipinski definition) is 2. The van der Waals surface area contributed by atoms with Gasteiger partial charge in [-0.1, -0.05) is 19.3 Å². The summed E-state index contributed by atoms with van der Waals surface area (Å²) >= 11 is 0. The van der Waals surface area contributed by atoms with Gasteiger partial charge in [-0.15, -0.1) is 0 Å². The monoisotopic (exact) mass is 249 g/mol. The van der Waals surface area contributed by atoms with Crippen molar-refractivity contribution in [3.8, 4) is 0 Å². The van der Waals surface area contributed by atoms with E-state index >= 15 is 0 Å². The summed E-state index contributed by atoms with van der Waals surface area (Å²) < 4.78 is 5.80. The average molecular weight is 249 g/mol. The van der Waals surface area contributed by atoms with Gasteiger partial charge >= 0.3 is 0 Å². The van der Waals surface area contributed by atoms with Crippen LogP contribution in [0, 0.1) is 6.92 Å². The van der Waals surface area contributed by atoms with E-state index in [-0.39, 0.29) is 11.6 Å². The van der Waals surface area contributed by atoms with Crippen LogP contribution in [0.4, 0.5) is 5.82 Å². The maximum Gasteiger partial charge on any atom is 0.128 e. The van der Waals surface area contributed by atoms with Crippen LogP contribution in [0.25, 0.3) is 0 Å². The molecule has 1 saturated carbocycles. The fourth-order valence-electron chi connectivity index (χ4n) is 3.05. The molecule has 1 aromatic heterocycles. The van der Waals surface area contributed by atoms with E-state index in [0.29, 0.717) is 5.82 Å². The molecule has 1 aromatic rings. The molecule has 0 saturated heterocycles. The number of nitrogens with two attached hydrogens (primary N) is 2. The lowest BCUT2D eigenvalue weighted by Gasteiger charge is -2.41. The van der Waals surface area contributed by atoms with Crippen molar-refractivity contribution in [1.82, 2.24) is 4.98 Å². The van der Waals surface area contributed by atoms with Gasteiger partial charge in [0, 0.05) is 18.9 Å². The fraction of sp³-hybridized carbons (Fsp3) is 0.643. The van der Waals surface area contributed by atoms with Crippen molar-refractivity contribution in [2.75, 3.05) is 12.8 Å². The summed E-state index contributed by atoms with van der Waals surface area (Å²) in [6.45, 7) is 2.03. The number of nitrogens with zero attached hydrogens (tertiary/aromatic N) is 1. The van der Waals surface area contributed by atoms with Gasteiger partial charge in [-0.2, -0.15) is 0 Å². The van der Waals surface area contributed by atoms with Crippen LogP contribution in [-0.2, 0) is 4.74 Å². The Labute approximate surface area is 109 Å². The largest absolute Gasteiger partial charge is 0.383 e. The number of hydrogen-bond acceptors (Lipinski definition) is 4. The Bertz CT molecular complexity index is 393. The number of rotatable bonds is 3. The van der Waals surface area contributed by atoms with E-state index < -0.39 is 0 Å². The lowest BCUT2D eigenvalue weighted by molar-refractivity contribution is -0.0595. The summed E-state index contributed by atoms with van der Waals surface area (Å²) in [6, 6.07) is 1.76. The molecule has 1 atom stereocenters. The molecule has 1 fully saturated rings. The van der Waals surface area contributed by atoms with E-state index in [0.717, 1.165) is 24.0 Å². The van der Waals surface area contributed by atoms with E-state index in [1.165, 1.54) is 19.3 Å². The molecule has 18 heavy (non-hydrogen) atoms. The molecule has 2 rings (SSSR count). The third-order valence-corrected chi connectivity index (χ3v) is 4.22. The number of methoxy groups -OCH3 is 1. The Morgan fingerprint density at radius 1 is 1.33 bits per heavy atom. The fourth-order valence-corrected chi connectivity index (χ4v) is 3.05. The van der Waals surface area contributed by atoms with Crippen molar-refractivity contribution in [2.45, 2.75) is 50.7 Å². The van der Waals surface area contributed by atoms with E-state index in [9.17, 15) is 0 Å². The number of aromatic nitrogens is 1.